The Morgan fingerprint density at radius 3 is 2.94 bits per heavy atom. The molecule has 0 saturated heterocycles. The molecule has 0 amide bonds. The zero-order valence-corrected chi connectivity index (χ0v) is 11.0. The van der Waals surface area contributed by atoms with E-state index < -0.39 is 0 Å². The first-order valence-corrected chi connectivity index (χ1v) is 6.76. The predicted molar refractivity (Wildman–Crippen MR) is 72.4 cm³/mol. The van der Waals surface area contributed by atoms with Crippen LogP contribution in [0.4, 0.5) is 4.39 Å². The Kier molecular flexibility index (Phi) is 4.33. The molecule has 4 heteroatoms. The van der Waals surface area contributed by atoms with Gasteiger partial charge in [-0.3, -0.25) is 0 Å². The minimum Gasteiger partial charge on any atom is -0.508 e. The number of rotatable bonds is 5. The van der Waals surface area contributed by atoms with Gasteiger partial charge in [-0.25, -0.2) is 4.39 Å². The van der Waals surface area contributed by atoms with Crippen molar-refractivity contribution in [3.63, 3.8) is 0 Å². The summed E-state index contributed by atoms with van der Waals surface area (Å²) in [7, 11) is 0. The molecule has 96 valence electrons. The molecule has 1 aromatic heterocycles. The molecular weight excluding hydrogens is 249 g/mol. The van der Waals surface area contributed by atoms with Crippen molar-refractivity contribution < 1.29 is 9.50 Å². The van der Waals surface area contributed by atoms with Crippen molar-refractivity contribution >= 4 is 11.3 Å². The number of hydrogen-bond donors (Lipinski definition) is 2. The molecule has 2 rings (SSSR count). The summed E-state index contributed by atoms with van der Waals surface area (Å²) in [5.41, 5.74) is 0.591. The highest BCUT2D eigenvalue weighted by atomic mass is 32.1. The normalized spacial score (nSPS) is 12.6. The van der Waals surface area contributed by atoms with Crippen LogP contribution in [0.5, 0.6) is 5.75 Å². The summed E-state index contributed by atoms with van der Waals surface area (Å²) in [6, 6.07) is 8.42. The van der Waals surface area contributed by atoms with Crippen LogP contribution < -0.4 is 5.32 Å². The van der Waals surface area contributed by atoms with Crippen molar-refractivity contribution in [3.8, 4) is 5.75 Å². The number of phenolic OH excluding ortho intramolecular Hbond substituents is 1. The van der Waals surface area contributed by atoms with Gasteiger partial charge in [-0.05, 0) is 43.0 Å². The molecule has 0 aliphatic rings. The summed E-state index contributed by atoms with van der Waals surface area (Å²) in [5.74, 6) is -0.192. The molecule has 2 nitrogen and oxygen atoms in total. The highest BCUT2D eigenvalue weighted by Crippen LogP contribution is 2.18. The third-order valence-electron chi connectivity index (χ3n) is 2.77. The number of aromatic hydroxyl groups is 1. The van der Waals surface area contributed by atoms with Crippen LogP contribution in [0, 0.1) is 5.82 Å². The van der Waals surface area contributed by atoms with Crippen LogP contribution in [0.3, 0.4) is 0 Å². The van der Waals surface area contributed by atoms with Gasteiger partial charge >= 0.3 is 0 Å². The van der Waals surface area contributed by atoms with Crippen molar-refractivity contribution in [3.05, 3.63) is 52.0 Å². The van der Waals surface area contributed by atoms with E-state index in [9.17, 15) is 9.50 Å². The van der Waals surface area contributed by atoms with Crippen LogP contribution in [0.25, 0.3) is 0 Å². The zero-order chi connectivity index (χ0) is 13.0. The van der Waals surface area contributed by atoms with Gasteiger partial charge in [0.05, 0.1) is 0 Å². The summed E-state index contributed by atoms with van der Waals surface area (Å²) in [5, 5.41) is 14.9. The standard InChI is InChI=1S/C14H16FNOS/c1-10(7-13-3-2-6-18-13)16-9-11-8-12(15)4-5-14(11)17/h2-6,8,10,16-17H,7,9H2,1H3. The van der Waals surface area contributed by atoms with E-state index >= 15 is 0 Å². The monoisotopic (exact) mass is 265 g/mol. The molecule has 0 saturated carbocycles. The number of hydrogen-bond acceptors (Lipinski definition) is 3. The number of nitrogens with one attached hydrogen (secondary N) is 1. The van der Waals surface area contributed by atoms with Crippen LogP contribution in [0.15, 0.2) is 35.7 Å². The molecule has 2 N–H and O–H groups in total. The van der Waals surface area contributed by atoms with Crippen LogP contribution in [-0.4, -0.2) is 11.1 Å². The van der Waals surface area contributed by atoms with Crippen LogP contribution >= 0.6 is 11.3 Å². The van der Waals surface area contributed by atoms with Crippen molar-refractivity contribution in [2.45, 2.75) is 25.9 Å². The Hall–Kier alpha value is -1.39. The van der Waals surface area contributed by atoms with Gasteiger partial charge in [0.25, 0.3) is 0 Å². The molecule has 0 bridgehead atoms. The lowest BCUT2D eigenvalue weighted by molar-refractivity contribution is 0.456. The van der Waals surface area contributed by atoms with Gasteiger partial charge in [-0.15, -0.1) is 11.3 Å². The lowest BCUT2D eigenvalue weighted by Gasteiger charge is -2.13. The van der Waals surface area contributed by atoms with Gasteiger partial charge < -0.3 is 10.4 Å². The molecule has 0 spiro atoms. The second-order valence-electron chi connectivity index (χ2n) is 4.34. The molecule has 1 heterocycles. The quantitative estimate of drug-likeness (QED) is 0.869. The Labute approximate surface area is 110 Å². The maximum absolute atomic E-state index is 13.0. The number of benzene rings is 1. The van der Waals surface area contributed by atoms with Crippen LogP contribution in [-0.2, 0) is 13.0 Å². The first kappa shape index (κ1) is 13.1. The van der Waals surface area contributed by atoms with Gasteiger partial charge in [0.15, 0.2) is 0 Å². The Morgan fingerprint density at radius 2 is 2.22 bits per heavy atom. The van der Waals surface area contributed by atoms with Crippen LogP contribution in [0.2, 0.25) is 0 Å². The SMILES string of the molecule is CC(Cc1cccs1)NCc1cc(F)ccc1O. The summed E-state index contributed by atoms with van der Waals surface area (Å²) in [6.45, 7) is 2.55. The minimum absolute atomic E-state index is 0.132. The Balaban J connectivity index is 1.89. The summed E-state index contributed by atoms with van der Waals surface area (Å²) >= 11 is 1.73. The first-order valence-electron chi connectivity index (χ1n) is 5.88. The minimum atomic E-state index is -0.324. The fourth-order valence-corrected chi connectivity index (χ4v) is 2.62. The van der Waals surface area contributed by atoms with Gasteiger partial charge in [-0.1, -0.05) is 6.07 Å². The average molecular weight is 265 g/mol. The van der Waals surface area contributed by atoms with E-state index in [1.807, 2.05) is 6.07 Å². The van der Waals surface area contributed by atoms with E-state index in [0.29, 0.717) is 12.1 Å². The first-order chi connectivity index (χ1) is 8.65. The van der Waals surface area contributed by atoms with Crippen molar-refractivity contribution in [1.82, 2.24) is 5.32 Å². The molecule has 0 radical (unpaired) electrons. The van der Waals surface area contributed by atoms with E-state index in [4.69, 9.17) is 0 Å². The highest BCUT2D eigenvalue weighted by Gasteiger charge is 2.07. The zero-order valence-electron chi connectivity index (χ0n) is 10.2. The third-order valence-corrected chi connectivity index (χ3v) is 3.67. The topological polar surface area (TPSA) is 32.3 Å². The summed E-state index contributed by atoms with van der Waals surface area (Å²) in [4.78, 5) is 1.32. The van der Waals surface area contributed by atoms with Crippen molar-refractivity contribution in [2.75, 3.05) is 0 Å². The Bertz CT molecular complexity index is 499. The molecule has 0 aliphatic heterocycles. The highest BCUT2D eigenvalue weighted by molar-refractivity contribution is 7.09. The second-order valence-corrected chi connectivity index (χ2v) is 5.37. The van der Waals surface area contributed by atoms with E-state index in [1.54, 1.807) is 11.3 Å². The molecule has 0 aliphatic carbocycles. The fraction of sp³-hybridized carbons (Fsp3) is 0.286. The molecule has 1 unspecified atom stereocenters. The van der Waals surface area contributed by atoms with E-state index in [2.05, 4.69) is 23.7 Å². The van der Waals surface area contributed by atoms with Gasteiger partial charge in [0, 0.05) is 23.0 Å². The van der Waals surface area contributed by atoms with Gasteiger partial charge in [-0.2, -0.15) is 0 Å². The lowest BCUT2D eigenvalue weighted by atomic mass is 10.1. The summed E-state index contributed by atoms with van der Waals surface area (Å²) in [6.07, 6.45) is 0.938. The maximum Gasteiger partial charge on any atom is 0.123 e. The van der Waals surface area contributed by atoms with E-state index in [0.717, 1.165) is 6.42 Å². The lowest BCUT2D eigenvalue weighted by Crippen LogP contribution is -2.27. The van der Waals surface area contributed by atoms with E-state index in [1.165, 1.54) is 23.1 Å². The van der Waals surface area contributed by atoms with Gasteiger partial charge in [0.1, 0.15) is 11.6 Å². The molecule has 0 fully saturated rings. The third kappa shape index (κ3) is 3.55. The van der Waals surface area contributed by atoms with E-state index in [-0.39, 0.29) is 17.6 Å². The van der Waals surface area contributed by atoms with Crippen molar-refractivity contribution in [2.24, 2.45) is 0 Å². The molecule has 18 heavy (non-hydrogen) atoms. The molecular formula is C14H16FNOS. The maximum atomic E-state index is 13.0. The number of thiophene rings is 1. The fourth-order valence-electron chi connectivity index (χ4n) is 1.78. The van der Waals surface area contributed by atoms with Crippen LogP contribution in [0.1, 0.15) is 17.4 Å². The molecule has 2 aromatic rings. The second kappa shape index (κ2) is 5.98. The number of halogens is 1. The Morgan fingerprint density at radius 1 is 1.39 bits per heavy atom. The molecule has 1 aromatic carbocycles. The smallest absolute Gasteiger partial charge is 0.123 e. The predicted octanol–water partition coefficient (Wildman–Crippen LogP) is 3.31. The molecule has 1 atom stereocenters. The van der Waals surface area contributed by atoms with Gasteiger partial charge in [0.2, 0.25) is 0 Å². The number of phenols is 1. The summed E-state index contributed by atoms with van der Waals surface area (Å²) < 4.78 is 13.0. The van der Waals surface area contributed by atoms with Crippen molar-refractivity contribution in [1.29, 1.82) is 0 Å². The average Bonchev–Trinajstić information content (AvgIpc) is 2.83. The largest absolute Gasteiger partial charge is 0.508 e.